The van der Waals surface area contributed by atoms with E-state index in [4.69, 9.17) is 4.84 Å². The van der Waals surface area contributed by atoms with E-state index in [1.807, 2.05) is 11.8 Å². The van der Waals surface area contributed by atoms with Crippen LogP contribution in [-0.4, -0.2) is 24.7 Å². The monoisotopic (exact) mass is 161 g/mol. The van der Waals surface area contributed by atoms with E-state index in [-0.39, 0.29) is 0 Å². The third kappa shape index (κ3) is 1.65. The highest BCUT2D eigenvalue weighted by molar-refractivity contribution is 8.00. The Hall–Kier alpha value is 0.270. The Morgan fingerprint density at radius 3 is 2.60 bits per heavy atom. The molecule has 0 saturated heterocycles. The smallest absolute Gasteiger partial charge is 0.0572 e. The Morgan fingerprint density at radius 1 is 1.60 bits per heavy atom. The van der Waals surface area contributed by atoms with Gasteiger partial charge in [0, 0.05) is 11.3 Å². The molecule has 60 valence electrons. The Morgan fingerprint density at radius 2 is 2.30 bits per heavy atom. The van der Waals surface area contributed by atoms with Gasteiger partial charge in [-0.1, -0.05) is 6.42 Å². The molecule has 1 saturated carbocycles. The van der Waals surface area contributed by atoms with Crippen molar-refractivity contribution in [3.63, 3.8) is 0 Å². The van der Waals surface area contributed by atoms with Crippen LogP contribution in [0.5, 0.6) is 0 Å². The molecule has 1 aliphatic rings. The standard InChI is InChI=1S/C7H15NOS/c1-9-8-6-7(10-2)4-3-5-7/h8H,3-6H2,1-2H3. The van der Waals surface area contributed by atoms with Gasteiger partial charge in [-0.05, 0) is 19.1 Å². The van der Waals surface area contributed by atoms with Crippen LogP contribution in [0.25, 0.3) is 0 Å². The molecule has 0 heterocycles. The molecule has 0 radical (unpaired) electrons. The number of hydrogen-bond donors (Lipinski definition) is 1. The highest BCUT2D eigenvalue weighted by Gasteiger charge is 2.35. The summed E-state index contributed by atoms with van der Waals surface area (Å²) in [5.41, 5.74) is 2.92. The van der Waals surface area contributed by atoms with Crippen molar-refractivity contribution in [1.29, 1.82) is 0 Å². The molecule has 1 aliphatic carbocycles. The topological polar surface area (TPSA) is 21.3 Å². The van der Waals surface area contributed by atoms with Crippen molar-refractivity contribution in [2.75, 3.05) is 19.9 Å². The first-order valence-corrected chi connectivity index (χ1v) is 4.86. The molecule has 0 aliphatic heterocycles. The quantitative estimate of drug-likeness (QED) is 0.630. The summed E-state index contributed by atoms with van der Waals surface area (Å²) in [6, 6.07) is 0. The van der Waals surface area contributed by atoms with Crippen LogP contribution in [-0.2, 0) is 4.84 Å². The molecule has 1 N–H and O–H groups in total. The fourth-order valence-corrected chi connectivity index (χ4v) is 2.13. The molecule has 0 aromatic rings. The van der Waals surface area contributed by atoms with Gasteiger partial charge in [0.1, 0.15) is 0 Å². The number of rotatable bonds is 4. The van der Waals surface area contributed by atoms with Crippen LogP contribution in [0.4, 0.5) is 0 Å². The van der Waals surface area contributed by atoms with Gasteiger partial charge in [0.25, 0.3) is 0 Å². The zero-order valence-corrected chi connectivity index (χ0v) is 7.46. The van der Waals surface area contributed by atoms with Crippen LogP contribution in [0.15, 0.2) is 0 Å². The summed E-state index contributed by atoms with van der Waals surface area (Å²) in [4.78, 5) is 4.81. The number of hydroxylamine groups is 1. The van der Waals surface area contributed by atoms with Gasteiger partial charge in [-0.25, -0.2) is 5.48 Å². The van der Waals surface area contributed by atoms with Crippen LogP contribution in [0, 0.1) is 0 Å². The highest BCUT2D eigenvalue weighted by atomic mass is 32.2. The lowest BCUT2D eigenvalue weighted by atomic mass is 9.84. The Kier molecular flexibility index (Phi) is 3.01. The maximum Gasteiger partial charge on any atom is 0.0572 e. The average molecular weight is 161 g/mol. The van der Waals surface area contributed by atoms with Crippen molar-refractivity contribution in [3.8, 4) is 0 Å². The third-order valence-electron chi connectivity index (χ3n) is 2.24. The number of thioether (sulfide) groups is 1. The summed E-state index contributed by atoms with van der Waals surface area (Å²) in [5, 5.41) is 0. The molecular weight excluding hydrogens is 146 g/mol. The summed E-state index contributed by atoms with van der Waals surface area (Å²) < 4.78 is 0.496. The summed E-state index contributed by atoms with van der Waals surface area (Å²) in [7, 11) is 1.67. The first kappa shape index (κ1) is 8.37. The lowest BCUT2D eigenvalue weighted by molar-refractivity contribution is 0.0752. The normalized spacial score (nSPS) is 22.2. The first-order valence-electron chi connectivity index (χ1n) is 3.64. The van der Waals surface area contributed by atoms with Gasteiger partial charge in [0.15, 0.2) is 0 Å². The van der Waals surface area contributed by atoms with E-state index >= 15 is 0 Å². The van der Waals surface area contributed by atoms with E-state index in [1.165, 1.54) is 19.3 Å². The predicted octanol–water partition coefficient (Wildman–Crippen LogP) is 1.42. The minimum absolute atomic E-state index is 0.496. The van der Waals surface area contributed by atoms with Gasteiger partial charge < -0.3 is 4.84 Å². The van der Waals surface area contributed by atoms with Gasteiger partial charge in [-0.2, -0.15) is 11.8 Å². The second-order valence-electron chi connectivity index (χ2n) is 2.77. The lowest BCUT2D eigenvalue weighted by Crippen LogP contribution is -2.42. The average Bonchev–Trinajstić information content (AvgIpc) is 1.87. The molecule has 1 rings (SSSR count). The minimum Gasteiger partial charge on any atom is -0.305 e. The molecule has 0 bridgehead atoms. The van der Waals surface area contributed by atoms with E-state index in [9.17, 15) is 0 Å². The highest BCUT2D eigenvalue weighted by Crippen LogP contribution is 2.41. The minimum atomic E-state index is 0.496. The summed E-state index contributed by atoms with van der Waals surface area (Å²) in [6.07, 6.45) is 6.23. The summed E-state index contributed by atoms with van der Waals surface area (Å²) in [5.74, 6) is 0. The van der Waals surface area contributed by atoms with Crippen LogP contribution in [0.1, 0.15) is 19.3 Å². The van der Waals surface area contributed by atoms with E-state index in [2.05, 4.69) is 11.7 Å². The van der Waals surface area contributed by atoms with Crippen molar-refractivity contribution in [3.05, 3.63) is 0 Å². The molecule has 10 heavy (non-hydrogen) atoms. The van der Waals surface area contributed by atoms with Gasteiger partial charge >= 0.3 is 0 Å². The molecule has 1 fully saturated rings. The van der Waals surface area contributed by atoms with Gasteiger partial charge in [0.05, 0.1) is 7.11 Å². The van der Waals surface area contributed by atoms with Gasteiger partial charge in [-0.3, -0.25) is 0 Å². The van der Waals surface area contributed by atoms with Crippen molar-refractivity contribution in [1.82, 2.24) is 5.48 Å². The van der Waals surface area contributed by atoms with Gasteiger partial charge in [-0.15, -0.1) is 0 Å². The Bertz CT molecular complexity index is 98.3. The molecular formula is C7H15NOS. The van der Waals surface area contributed by atoms with E-state index in [0.29, 0.717) is 4.75 Å². The molecule has 2 nitrogen and oxygen atoms in total. The largest absolute Gasteiger partial charge is 0.305 e. The maximum absolute atomic E-state index is 4.81. The zero-order valence-electron chi connectivity index (χ0n) is 6.64. The van der Waals surface area contributed by atoms with Crippen molar-refractivity contribution >= 4 is 11.8 Å². The number of hydrogen-bond acceptors (Lipinski definition) is 3. The first-order chi connectivity index (χ1) is 4.83. The maximum atomic E-state index is 4.81. The van der Waals surface area contributed by atoms with E-state index in [1.54, 1.807) is 7.11 Å². The molecule has 3 heteroatoms. The molecule has 0 atom stereocenters. The number of nitrogens with one attached hydrogen (secondary N) is 1. The van der Waals surface area contributed by atoms with Crippen molar-refractivity contribution in [2.24, 2.45) is 0 Å². The van der Waals surface area contributed by atoms with Crippen LogP contribution in [0.3, 0.4) is 0 Å². The van der Waals surface area contributed by atoms with Crippen LogP contribution < -0.4 is 5.48 Å². The third-order valence-corrected chi connectivity index (χ3v) is 3.66. The van der Waals surface area contributed by atoms with Crippen molar-refractivity contribution in [2.45, 2.75) is 24.0 Å². The summed E-state index contributed by atoms with van der Waals surface area (Å²) in [6.45, 7) is 0.991. The van der Waals surface area contributed by atoms with E-state index < -0.39 is 0 Å². The van der Waals surface area contributed by atoms with Crippen LogP contribution >= 0.6 is 11.8 Å². The Balaban J connectivity index is 2.20. The fourth-order valence-electron chi connectivity index (χ4n) is 1.23. The van der Waals surface area contributed by atoms with Crippen LogP contribution in [0.2, 0.25) is 0 Å². The molecule has 0 spiro atoms. The van der Waals surface area contributed by atoms with Crippen molar-refractivity contribution < 1.29 is 4.84 Å². The Labute approximate surface area is 66.7 Å². The second-order valence-corrected chi connectivity index (χ2v) is 4.04. The summed E-state index contributed by atoms with van der Waals surface area (Å²) >= 11 is 1.96. The SMILES string of the molecule is CONCC1(SC)CCC1. The zero-order chi connectivity index (χ0) is 7.45. The second kappa shape index (κ2) is 3.60. The molecule has 0 amide bonds. The molecule has 0 aromatic carbocycles. The fraction of sp³-hybridized carbons (Fsp3) is 1.00. The molecule has 0 unspecified atom stereocenters. The van der Waals surface area contributed by atoms with E-state index in [0.717, 1.165) is 6.54 Å². The van der Waals surface area contributed by atoms with Gasteiger partial charge in [0.2, 0.25) is 0 Å². The predicted molar refractivity (Wildman–Crippen MR) is 45.1 cm³/mol. The molecule has 0 aromatic heterocycles. The lowest BCUT2D eigenvalue weighted by Gasteiger charge is -2.40.